The lowest BCUT2D eigenvalue weighted by atomic mass is 10.1. The third-order valence-corrected chi connectivity index (χ3v) is 3.29. The van der Waals surface area contributed by atoms with Gasteiger partial charge >= 0.3 is 0 Å². The van der Waals surface area contributed by atoms with Gasteiger partial charge in [0, 0.05) is 19.1 Å². The van der Waals surface area contributed by atoms with Gasteiger partial charge in [-0.25, -0.2) is 4.39 Å². The van der Waals surface area contributed by atoms with Crippen molar-refractivity contribution in [3.8, 4) is 5.75 Å². The van der Waals surface area contributed by atoms with Crippen LogP contribution in [0.4, 0.5) is 4.39 Å². The molecule has 0 aromatic heterocycles. The molecule has 2 rings (SSSR count). The zero-order valence-electron chi connectivity index (χ0n) is 10.6. The molecule has 18 heavy (non-hydrogen) atoms. The summed E-state index contributed by atoms with van der Waals surface area (Å²) in [6.45, 7) is 1.24. The highest BCUT2D eigenvalue weighted by Crippen LogP contribution is 2.24. The maximum Gasteiger partial charge on any atom is 0.260 e. The molecule has 1 atom stereocenters. The third-order valence-electron chi connectivity index (χ3n) is 3.29. The molecule has 1 fully saturated rings. The van der Waals surface area contributed by atoms with Crippen LogP contribution in [0.3, 0.4) is 0 Å². The van der Waals surface area contributed by atoms with Crippen molar-refractivity contribution in [3.63, 3.8) is 0 Å². The van der Waals surface area contributed by atoms with Crippen LogP contribution in [0.5, 0.6) is 5.75 Å². The maximum absolute atomic E-state index is 13.8. The Morgan fingerprint density at radius 3 is 2.94 bits per heavy atom. The van der Waals surface area contributed by atoms with Crippen molar-refractivity contribution in [3.05, 3.63) is 29.6 Å². The van der Waals surface area contributed by atoms with Crippen LogP contribution in [-0.4, -0.2) is 44.1 Å². The average molecular weight is 252 g/mol. The normalized spacial score (nSPS) is 19.1. The Bertz CT molecular complexity index is 451. The van der Waals surface area contributed by atoms with Crippen LogP contribution in [-0.2, 0) is 0 Å². The number of hydrogen-bond donors (Lipinski definition) is 1. The van der Waals surface area contributed by atoms with E-state index in [4.69, 9.17) is 4.74 Å². The van der Waals surface area contributed by atoms with Gasteiger partial charge in [0.1, 0.15) is 17.1 Å². The summed E-state index contributed by atoms with van der Waals surface area (Å²) in [5, 5.41) is 3.12. The second-order valence-electron chi connectivity index (χ2n) is 4.34. The quantitative estimate of drug-likeness (QED) is 0.880. The predicted molar refractivity (Wildman–Crippen MR) is 66.3 cm³/mol. The lowest BCUT2D eigenvalue weighted by Crippen LogP contribution is -2.34. The average Bonchev–Trinajstić information content (AvgIpc) is 2.86. The zero-order valence-corrected chi connectivity index (χ0v) is 10.6. The van der Waals surface area contributed by atoms with Crippen molar-refractivity contribution in [2.24, 2.45) is 0 Å². The Balaban J connectivity index is 2.24. The zero-order chi connectivity index (χ0) is 13.1. The van der Waals surface area contributed by atoms with E-state index in [1.165, 1.54) is 19.2 Å². The van der Waals surface area contributed by atoms with Crippen LogP contribution in [0.2, 0.25) is 0 Å². The summed E-state index contributed by atoms with van der Waals surface area (Å²) in [6, 6.07) is 4.70. The van der Waals surface area contributed by atoms with Crippen molar-refractivity contribution in [2.45, 2.75) is 12.5 Å². The second-order valence-corrected chi connectivity index (χ2v) is 4.34. The molecule has 1 aliphatic rings. The first-order chi connectivity index (χ1) is 8.67. The van der Waals surface area contributed by atoms with Crippen molar-refractivity contribution in [1.29, 1.82) is 0 Å². The fourth-order valence-corrected chi connectivity index (χ4v) is 2.22. The van der Waals surface area contributed by atoms with E-state index in [9.17, 15) is 9.18 Å². The van der Waals surface area contributed by atoms with E-state index in [1.54, 1.807) is 11.0 Å². The van der Waals surface area contributed by atoms with Crippen molar-refractivity contribution < 1.29 is 13.9 Å². The summed E-state index contributed by atoms with van der Waals surface area (Å²) in [4.78, 5) is 13.9. The molecule has 0 saturated carbocycles. The van der Waals surface area contributed by atoms with Gasteiger partial charge in [-0.05, 0) is 25.6 Å². The summed E-state index contributed by atoms with van der Waals surface area (Å²) >= 11 is 0. The lowest BCUT2D eigenvalue weighted by Gasteiger charge is -2.18. The van der Waals surface area contributed by atoms with Crippen molar-refractivity contribution in [1.82, 2.24) is 10.2 Å². The number of rotatable bonds is 3. The predicted octanol–water partition coefficient (Wildman–Crippen LogP) is 1.27. The van der Waals surface area contributed by atoms with Gasteiger partial charge in [-0.2, -0.15) is 0 Å². The topological polar surface area (TPSA) is 41.6 Å². The molecule has 1 heterocycles. The number of halogens is 1. The molecule has 5 heteroatoms. The molecular weight excluding hydrogens is 235 g/mol. The number of ether oxygens (including phenoxy) is 1. The molecule has 0 radical (unpaired) electrons. The van der Waals surface area contributed by atoms with Crippen LogP contribution < -0.4 is 10.1 Å². The molecule has 0 aliphatic carbocycles. The highest BCUT2D eigenvalue weighted by molar-refractivity contribution is 5.97. The number of methoxy groups -OCH3 is 1. The Morgan fingerprint density at radius 1 is 1.56 bits per heavy atom. The number of hydrogen-bond acceptors (Lipinski definition) is 3. The molecule has 1 unspecified atom stereocenters. The minimum Gasteiger partial charge on any atom is -0.496 e. The van der Waals surface area contributed by atoms with Gasteiger partial charge in [-0.3, -0.25) is 4.79 Å². The molecule has 4 nitrogen and oxygen atoms in total. The first-order valence-corrected chi connectivity index (χ1v) is 5.96. The maximum atomic E-state index is 13.8. The largest absolute Gasteiger partial charge is 0.496 e. The molecule has 1 aliphatic heterocycles. The van der Waals surface area contributed by atoms with E-state index in [-0.39, 0.29) is 23.3 Å². The van der Waals surface area contributed by atoms with Crippen molar-refractivity contribution in [2.75, 3.05) is 27.2 Å². The number of likely N-dealkylation sites (tertiary alicyclic amines) is 1. The van der Waals surface area contributed by atoms with Gasteiger partial charge in [-0.15, -0.1) is 0 Å². The smallest absolute Gasteiger partial charge is 0.260 e. The fraction of sp³-hybridized carbons (Fsp3) is 0.462. The number of likely N-dealkylation sites (N-methyl/N-ethyl adjacent to an activating group) is 1. The number of benzene rings is 1. The van der Waals surface area contributed by atoms with Crippen LogP contribution >= 0.6 is 0 Å². The van der Waals surface area contributed by atoms with Gasteiger partial charge in [0.05, 0.1) is 7.11 Å². The van der Waals surface area contributed by atoms with Crippen LogP contribution in [0.25, 0.3) is 0 Å². The minimum atomic E-state index is -0.535. The minimum absolute atomic E-state index is 0.0248. The van der Waals surface area contributed by atoms with E-state index in [1.807, 2.05) is 7.05 Å². The molecule has 0 spiro atoms. The highest BCUT2D eigenvalue weighted by atomic mass is 19.1. The number of amides is 1. The van der Waals surface area contributed by atoms with E-state index in [2.05, 4.69) is 5.32 Å². The van der Waals surface area contributed by atoms with Gasteiger partial charge in [0.25, 0.3) is 5.91 Å². The fourth-order valence-electron chi connectivity index (χ4n) is 2.22. The molecule has 1 aromatic rings. The summed E-state index contributed by atoms with van der Waals surface area (Å²) in [7, 11) is 3.30. The number of carbonyl (C=O) groups is 1. The molecule has 1 amide bonds. The number of nitrogens with one attached hydrogen (secondary N) is 1. The van der Waals surface area contributed by atoms with Crippen molar-refractivity contribution >= 4 is 5.91 Å². The van der Waals surface area contributed by atoms with Gasteiger partial charge in [0.2, 0.25) is 0 Å². The standard InChI is InChI=1S/C13H17FN2O2/c1-15-9-6-7-16(8-9)13(17)12-10(14)4-3-5-11(12)18-2/h3-5,9,15H,6-8H2,1-2H3. The monoisotopic (exact) mass is 252 g/mol. The second kappa shape index (κ2) is 5.35. The summed E-state index contributed by atoms with van der Waals surface area (Å²) in [5.74, 6) is -0.553. The Hall–Kier alpha value is -1.62. The molecular formula is C13H17FN2O2. The highest BCUT2D eigenvalue weighted by Gasteiger charge is 2.29. The number of carbonyl (C=O) groups excluding carboxylic acids is 1. The Kier molecular flexibility index (Phi) is 3.81. The van der Waals surface area contributed by atoms with Gasteiger partial charge in [-0.1, -0.05) is 6.07 Å². The molecule has 98 valence electrons. The molecule has 1 aromatic carbocycles. The van der Waals surface area contributed by atoms with E-state index >= 15 is 0 Å². The SMILES string of the molecule is CNC1CCN(C(=O)c2c(F)cccc2OC)C1. The molecule has 0 bridgehead atoms. The van der Waals surface area contributed by atoms with Crippen LogP contribution in [0.1, 0.15) is 16.8 Å². The van der Waals surface area contributed by atoms with Gasteiger partial charge < -0.3 is 15.0 Å². The van der Waals surface area contributed by atoms with E-state index < -0.39 is 5.82 Å². The molecule has 1 N–H and O–H groups in total. The summed E-state index contributed by atoms with van der Waals surface area (Å²) in [5.41, 5.74) is 0.0248. The van der Waals surface area contributed by atoms with Crippen LogP contribution in [0.15, 0.2) is 18.2 Å². The van der Waals surface area contributed by atoms with E-state index in [0.717, 1.165) is 6.42 Å². The number of nitrogens with zero attached hydrogens (tertiary/aromatic N) is 1. The third kappa shape index (κ3) is 2.31. The molecule has 1 saturated heterocycles. The summed E-state index contributed by atoms with van der Waals surface area (Å²) in [6.07, 6.45) is 0.888. The van der Waals surface area contributed by atoms with Gasteiger partial charge in [0.15, 0.2) is 0 Å². The van der Waals surface area contributed by atoms with E-state index in [0.29, 0.717) is 13.1 Å². The lowest BCUT2D eigenvalue weighted by molar-refractivity contribution is 0.0781. The summed E-state index contributed by atoms with van der Waals surface area (Å²) < 4.78 is 18.8. The van der Waals surface area contributed by atoms with Crippen LogP contribution in [0, 0.1) is 5.82 Å². The first kappa shape index (κ1) is 12.8. The Labute approximate surface area is 106 Å². The first-order valence-electron chi connectivity index (χ1n) is 5.96. The Morgan fingerprint density at radius 2 is 2.33 bits per heavy atom.